The molecule has 0 aliphatic heterocycles. The van der Waals surface area contributed by atoms with Gasteiger partial charge in [-0.05, 0) is 6.92 Å². The predicted molar refractivity (Wildman–Crippen MR) is 84.6 cm³/mol. The molecule has 0 radical (unpaired) electrons. The van der Waals surface area contributed by atoms with E-state index >= 15 is 0 Å². The number of hydrogen-bond acceptors (Lipinski definition) is 5. The van der Waals surface area contributed by atoms with Gasteiger partial charge in [-0.3, -0.25) is 14.2 Å². The largest absolute Gasteiger partial charge is 0.283 e. The lowest BCUT2D eigenvalue weighted by molar-refractivity contribution is 0.0917. The van der Waals surface area contributed by atoms with Crippen molar-refractivity contribution >= 4 is 33.5 Å². The van der Waals surface area contributed by atoms with Crippen molar-refractivity contribution < 1.29 is 4.79 Å². The Kier molecular flexibility index (Phi) is 2.80. The molecule has 0 N–H and O–H groups in total. The fourth-order valence-corrected chi connectivity index (χ4v) is 2.90. The summed E-state index contributed by atoms with van der Waals surface area (Å²) in [6.07, 6.45) is 4.97. The molecule has 0 amide bonds. The van der Waals surface area contributed by atoms with Crippen LogP contribution >= 0.6 is 0 Å². The monoisotopic (exact) mass is 310 g/mol. The van der Waals surface area contributed by atoms with Crippen molar-refractivity contribution in [2.45, 2.75) is 26.8 Å². The minimum Gasteiger partial charge on any atom is -0.274 e. The third kappa shape index (κ3) is 1.68. The minimum absolute atomic E-state index is 0.114. The highest BCUT2D eigenvalue weighted by Crippen LogP contribution is 2.23. The number of aromatic nitrogens is 6. The first-order valence-corrected chi connectivity index (χ1v) is 7.43. The Morgan fingerprint density at radius 3 is 2.74 bits per heavy atom. The second-order valence-corrected chi connectivity index (χ2v) is 5.21. The molecule has 0 saturated carbocycles. The van der Waals surface area contributed by atoms with Crippen molar-refractivity contribution in [3.05, 3.63) is 35.0 Å². The molecule has 4 aromatic rings. The second kappa shape index (κ2) is 4.73. The minimum atomic E-state index is -0.293. The highest BCUT2D eigenvalue weighted by Gasteiger charge is 2.19. The average molecular weight is 310 g/mol. The van der Waals surface area contributed by atoms with Crippen LogP contribution in [0.25, 0.3) is 27.6 Å². The second-order valence-electron chi connectivity index (χ2n) is 5.21. The Labute approximate surface area is 130 Å². The first kappa shape index (κ1) is 13.6. The molecule has 116 valence electrons. The summed E-state index contributed by atoms with van der Waals surface area (Å²) in [5, 5.41) is 9.36. The lowest BCUT2D eigenvalue weighted by atomic mass is 10.2. The van der Waals surface area contributed by atoms with E-state index in [1.165, 1.54) is 21.5 Å². The van der Waals surface area contributed by atoms with Gasteiger partial charge in [-0.15, -0.1) is 0 Å². The smallest absolute Gasteiger partial charge is 0.274 e. The van der Waals surface area contributed by atoms with E-state index in [0.29, 0.717) is 40.5 Å². The summed E-state index contributed by atoms with van der Waals surface area (Å²) >= 11 is 0. The van der Waals surface area contributed by atoms with Crippen molar-refractivity contribution in [3.63, 3.8) is 0 Å². The third-order valence-corrected chi connectivity index (χ3v) is 3.99. The fraction of sp³-hybridized carbons (Fsp3) is 0.267. The third-order valence-electron chi connectivity index (χ3n) is 3.99. The van der Waals surface area contributed by atoms with E-state index in [-0.39, 0.29) is 11.5 Å². The van der Waals surface area contributed by atoms with Gasteiger partial charge in [0.1, 0.15) is 5.65 Å². The molecule has 0 aliphatic rings. The zero-order chi connectivity index (χ0) is 16.1. The van der Waals surface area contributed by atoms with Crippen molar-refractivity contribution in [2.24, 2.45) is 0 Å². The normalized spacial score (nSPS) is 11.7. The molecule has 0 bridgehead atoms. The van der Waals surface area contributed by atoms with E-state index in [0.717, 1.165) is 0 Å². The van der Waals surface area contributed by atoms with Crippen molar-refractivity contribution in [3.8, 4) is 0 Å². The molecule has 23 heavy (non-hydrogen) atoms. The van der Waals surface area contributed by atoms with Gasteiger partial charge in [-0.1, -0.05) is 6.92 Å². The first-order chi connectivity index (χ1) is 11.2. The fourth-order valence-electron chi connectivity index (χ4n) is 2.90. The Morgan fingerprint density at radius 1 is 1.17 bits per heavy atom. The van der Waals surface area contributed by atoms with Crippen LogP contribution in [0.1, 0.15) is 25.1 Å². The highest BCUT2D eigenvalue weighted by molar-refractivity contribution is 6.07. The molecule has 0 spiro atoms. The summed E-state index contributed by atoms with van der Waals surface area (Å²) < 4.78 is 4.50. The molecular weight excluding hydrogens is 296 g/mol. The number of carbonyl (C=O) groups excluding carboxylic acids is 1. The molecule has 4 rings (SSSR count). The van der Waals surface area contributed by atoms with Gasteiger partial charge in [-0.25, -0.2) is 9.67 Å². The van der Waals surface area contributed by atoms with Gasteiger partial charge in [0, 0.05) is 25.2 Å². The molecule has 0 fully saturated rings. The van der Waals surface area contributed by atoms with Crippen LogP contribution in [0, 0.1) is 0 Å². The maximum Gasteiger partial charge on any atom is 0.283 e. The van der Waals surface area contributed by atoms with Gasteiger partial charge in [0.15, 0.2) is 5.65 Å². The van der Waals surface area contributed by atoms with Gasteiger partial charge in [-0.2, -0.15) is 14.7 Å². The summed E-state index contributed by atoms with van der Waals surface area (Å²) in [7, 11) is 0. The van der Waals surface area contributed by atoms with E-state index in [1.807, 2.05) is 6.92 Å². The van der Waals surface area contributed by atoms with Crippen LogP contribution in [0.5, 0.6) is 0 Å². The van der Waals surface area contributed by atoms with Gasteiger partial charge >= 0.3 is 0 Å². The van der Waals surface area contributed by atoms with E-state index in [9.17, 15) is 9.59 Å². The molecule has 0 aromatic carbocycles. The van der Waals surface area contributed by atoms with Crippen LogP contribution in [0.15, 0.2) is 29.5 Å². The SMILES string of the molecule is CCC(=O)n1c2c(cnc3c2cnn3CC)c(=O)n2nccc12. The summed E-state index contributed by atoms with van der Waals surface area (Å²) in [6, 6.07) is 1.66. The lowest BCUT2D eigenvalue weighted by Crippen LogP contribution is -2.23. The van der Waals surface area contributed by atoms with Crippen molar-refractivity contribution in [1.82, 2.24) is 28.9 Å². The molecule has 0 unspecified atom stereocenters. The maximum atomic E-state index is 12.6. The summed E-state index contributed by atoms with van der Waals surface area (Å²) in [5.41, 5.74) is 1.35. The van der Waals surface area contributed by atoms with Crippen molar-refractivity contribution in [2.75, 3.05) is 0 Å². The van der Waals surface area contributed by atoms with E-state index in [1.54, 1.807) is 23.9 Å². The molecule has 0 atom stereocenters. The van der Waals surface area contributed by atoms with Gasteiger partial charge in [0.2, 0.25) is 5.91 Å². The number of fused-ring (bicyclic) bond motifs is 4. The van der Waals surface area contributed by atoms with Crippen LogP contribution < -0.4 is 5.56 Å². The number of nitrogens with zero attached hydrogens (tertiary/aromatic N) is 6. The van der Waals surface area contributed by atoms with Gasteiger partial charge in [0.05, 0.1) is 28.7 Å². The van der Waals surface area contributed by atoms with Crippen molar-refractivity contribution in [1.29, 1.82) is 0 Å². The topological polar surface area (TPSA) is 87.1 Å². The maximum absolute atomic E-state index is 12.6. The van der Waals surface area contributed by atoms with E-state index < -0.39 is 0 Å². The predicted octanol–water partition coefficient (Wildman–Crippen LogP) is 1.46. The Hall–Kier alpha value is -3.03. The van der Waals surface area contributed by atoms with E-state index in [2.05, 4.69) is 15.2 Å². The quantitative estimate of drug-likeness (QED) is 0.559. The standard InChI is InChI=1S/C15H14N6O2/c1-3-12(22)20-11-5-6-17-21(11)15(23)10-7-16-14-9(13(10)20)8-18-19(14)4-2/h5-8H,3-4H2,1-2H3. The first-order valence-electron chi connectivity index (χ1n) is 7.43. The molecule has 4 heterocycles. The Balaban J connectivity index is 2.34. The molecule has 4 aromatic heterocycles. The van der Waals surface area contributed by atoms with Crippen LogP contribution in [0.4, 0.5) is 0 Å². The summed E-state index contributed by atoms with van der Waals surface area (Å²) in [4.78, 5) is 29.5. The lowest BCUT2D eigenvalue weighted by Gasteiger charge is -2.11. The molecular formula is C15H14N6O2. The molecule has 8 nitrogen and oxygen atoms in total. The van der Waals surface area contributed by atoms with Gasteiger partial charge in [0.25, 0.3) is 5.56 Å². The summed E-state index contributed by atoms with van der Waals surface area (Å²) in [5.74, 6) is -0.114. The number of pyridine rings is 1. The van der Waals surface area contributed by atoms with Crippen LogP contribution in [0.3, 0.4) is 0 Å². The molecule has 0 aliphatic carbocycles. The Bertz CT molecular complexity index is 1130. The molecule has 0 saturated heterocycles. The van der Waals surface area contributed by atoms with Gasteiger partial charge < -0.3 is 0 Å². The zero-order valence-electron chi connectivity index (χ0n) is 12.7. The van der Waals surface area contributed by atoms with Crippen LogP contribution in [0.2, 0.25) is 0 Å². The summed E-state index contributed by atoms with van der Waals surface area (Å²) in [6.45, 7) is 4.40. The number of aryl methyl sites for hydroxylation is 1. The Morgan fingerprint density at radius 2 is 2.00 bits per heavy atom. The zero-order valence-corrected chi connectivity index (χ0v) is 12.7. The van der Waals surface area contributed by atoms with Crippen LogP contribution in [-0.2, 0) is 6.54 Å². The molecule has 8 heteroatoms. The highest BCUT2D eigenvalue weighted by atomic mass is 16.2. The average Bonchev–Trinajstić information content (AvgIpc) is 3.21. The van der Waals surface area contributed by atoms with Crippen LogP contribution in [-0.4, -0.2) is 34.9 Å². The number of rotatable bonds is 2. The van der Waals surface area contributed by atoms with E-state index in [4.69, 9.17) is 0 Å². The number of carbonyl (C=O) groups is 1. The number of hydrogen-bond donors (Lipinski definition) is 0.